The number of nitrogens with zero attached hydrogens (tertiary/aromatic N) is 3. The molecule has 3 aliphatic rings. The summed E-state index contributed by atoms with van der Waals surface area (Å²) in [5.74, 6) is 0.246. The lowest BCUT2D eigenvalue weighted by Crippen LogP contribution is -2.57. The van der Waals surface area contributed by atoms with Gasteiger partial charge in [-0.25, -0.2) is 9.18 Å². The fourth-order valence-electron chi connectivity index (χ4n) is 3.62. The number of fused-ring (bicyclic) bond motifs is 3. The first-order valence-electron chi connectivity index (χ1n) is 8.03. The molecule has 1 amide bonds. The van der Waals surface area contributed by atoms with Gasteiger partial charge in [-0.2, -0.15) is 9.78 Å². The smallest absolute Gasteiger partial charge is 0.332 e. The van der Waals surface area contributed by atoms with Crippen LogP contribution in [0.3, 0.4) is 0 Å². The molecular weight excluding hydrogens is 295 g/mol. The molecule has 2 bridgehead atoms. The zero-order chi connectivity index (χ0) is 15.8. The molecular formula is C17H19FN4O. The first-order chi connectivity index (χ1) is 11.2. The zero-order valence-electron chi connectivity index (χ0n) is 12.8. The van der Waals surface area contributed by atoms with Crippen molar-refractivity contribution in [2.24, 2.45) is 5.92 Å². The number of amides is 1. The van der Waals surface area contributed by atoms with Crippen LogP contribution < -0.4 is 5.32 Å². The monoisotopic (exact) mass is 314 g/mol. The Morgan fingerprint density at radius 1 is 1.26 bits per heavy atom. The Morgan fingerprint density at radius 2 is 2.04 bits per heavy atom. The van der Waals surface area contributed by atoms with Gasteiger partial charge in [-0.1, -0.05) is 18.2 Å². The largest absolute Gasteiger partial charge is 0.342 e. The number of carbonyl (C=O) groups excluding carboxylic acids is 1. The summed E-state index contributed by atoms with van der Waals surface area (Å²) in [5.41, 5.74) is 1.06. The van der Waals surface area contributed by atoms with Crippen molar-refractivity contribution in [3.8, 4) is 11.1 Å². The minimum absolute atomic E-state index is 0.186. The van der Waals surface area contributed by atoms with Gasteiger partial charge in [0.25, 0.3) is 0 Å². The van der Waals surface area contributed by atoms with E-state index in [0.29, 0.717) is 17.0 Å². The molecule has 120 valence electrons. The molecule has 1 atom stereocenters. The number of halogens is 1. The standard InChI is InChI=1S/C17H19FN4O/c18-15-4-2-1-3-14(15)13-9-19-22(10-13)17(23)20-16-11-21-7-5-12(16)6-8-21/h1-4,9-10,12,16H,5-8,11H2,(H,20,23)/t16-/m0/s1. The van der Waals surface area contributed by atoms with Crippen molar-refractivity contribution in [2.45, 2.75) is 18.9 Å². The lowest BCUT2D eigenvalue weighted by Gasteiger charge is -2.44. The number of piperidine rings is 3. The lowest BCUT2D eigenvalue weighted by atomic mass is 9.84. The highest BCUT2D eigenvalue weighted by Crippen LogP contribution is 2.27. The normalized spacial score (nSPS) is 26.2. The molecule has 1 aromatic carbocycles. The maximum absolute atomic E-state index is 13.8. The number of benzene rings is 1. The van der Waals surface area contributed by atoms with Gasteiger partial charge < -0.3 is 10.2 Å². The summed E-state index contributed by atoms with van der Waals surface area (Å²) in [5, 5.41) is 7.16. The van der Waals surface area contributed by atoms with Gasteiger partial charge in [0.1, 0.15) is 5.82 Å². The molecule has 2 aromatic rings. The molecule has 3 aliphatic heterocycles. The number of rotatable bonds is 2. The summed E-state index contributed by atoms with van der Waals surface area (Å²) in [6, 6.07) is 6.44. The Hall–Kier alpha value is -2.21. The van der Waals surface area contributed by atoms with Gasteiger partial charge in [-0.3, -0.25) is 0 Å². The summed E-state index contributed by atoms with van der Waals surface area (Å²) in [6.45, 7) is 3.18. The second kappa shape index (κ2) is 5.77. The van der Waals surface area contributed by atoms with Crippen LogP contribution in [0.5, 0.6) is 0 Å². The maximum Gasteiger partial charge on any atom is 0.342 e. The van der Waals surface area contributed by atoms with Crippen molar-refractivity contribution in [1.82, 2.24) is 20.0 Å². The van der Waals surface area contributed by atoms with Gasteiger partial charge in [0.15, 0.2) is 0 Å². The van der Waals surface area contributed by atoms with E-state index in [1.54, 1.807) is 24.4 Å². The van der Waals surface area contributed by atoms with Crippen molar-refractivity contribution < 1.29 is 9.18 Å². The molecule has 3 saturated heterocycles. The van der Waals surface area contributed by atoms with E-state index in [1.165, 1.54) is 16.9 Å². The second-order valence-electron chi connectivity index (χ2n) is 6.35. The number of nitrogens with one attached hydrogen (secondary N) is 1. The highest BCUT2D eigenvalue weighted by atomic mass is 19.1. The molecule has 1 aromatic heterocycles. The summed E-state index contributed by atoms with van der Waals surface area (Å²) in [6.07, 6.45) is 5.39. The van der Waals surface area contributed by atoms with Gasteiger partial charge >= 0.3 is 6.03 Å². The summed E-state index contributed by atoms with van der Waals surface area (Å²) >= 11 is 0. The summed E-state index contributed by atoms with van der Waals surface area (Å²) in [4.78, 5) is 14.8. The molecule has 3 fully saturated rings. The third-order valence-corrected chi connectivity index (χ3v) is 4.94. The molecule has 6 heteroatoms. The third kappa shape index (κ3) is 2.74. The molecule has 1 N–H and O–H groups in total. The Balaban J connectivity index is 1.48. The average Bonchev–Trinajstić information content (AvgIpc) is 3.06. The molecule has 0 aliphatic carbocycles. The van der Waals surface area contributed by atoms with Crippen molar-refractivity contribution in [1.29, 1.82) is 0 Å². The number of aromatic nitrogens is 2. The Morgan fingerprint density at radius 3 is 2.74 bits per heavy atom. The van der Waals surface area contributed by atoms with Gasteiger partial charge in [0.05, 0.1) is 6.20 Å². The number of hydrogen-bond acceptors (Lipinski definition) is 3. The van der Waals surface area contributed by atoms with Crippen LogP contribution in [0.1, 0.15) is 12.8 Å². The molecule has 0 unspecified atom stereocenters. The van der Waals surface area contributed by atoms with E-state index in [4.69, 9.17) is 0 Å². The van der Waals surface area contributed by atoms with Crippen molar-refractivity contribution >= 4 is 6.03 Å². The van der Waals surface area contributed by atoms with Gasteiger partial charge in [0.2, 0.25) is 0 Å². The van der Waals surface area contributed by atoms with Crippen LogP contribution in [0.25, 0.3) is 11.1 Å². The van der Waals surface area contributed by atoms with Crippen molar-refractivity contribution in [3.05, 3.63) is 42.5 Å². The predicted octanol–water partition coefficient (Wildman–Crippen LogP) is 2.34. The van der Waals surface area contributed by atoms with E-state index < -0.39 is 0 Å². The Labute approximate surface area is 134 Å². The van der Waals surface area contributed by atoms with Crippen LogP contribution in [-0.2, 0) is 0 Å². The van der Waals surface area contributed by atoms with Crippen molar-refractivity contribution in [2.75, 3.05) is 19.6 Å². The van der Waals surface area contributed by atoms with Gasteiger partial charge in [-0.15, -0.1) is 0 Å². The van der Waals surface area contributed by atoms with E-state index in [2.05, 4.69) is 15.3 Å². The molecule has 5 nitrogen and oxygen atoms in total. The second-order valence-corrected chi connectivity index (χ2v) is 6.35. The van der Waals surface area contributed by atoms with E-state index in [1.807, 2.05) is 0 Å². The summed E-state index contributed by atoms with van der Waals surface area (Å²) in [7, 11) is 0. The van der Waals surface area contributed by atoms with E-state index in [0.717, 1.165) is 32.5 Å². The van der Waals surface area contributed by atoms with E-state index >= 15 is 0 Å². The van der Waals surface area contributed by atoms with Gasteiger partial charge in [-0.05, 0) is 37.9 Å². The third-order valence-electron chi connectivity index (χ3n) is 4.94. The quantitative estimate of drug-likeness (QED) is 0.925. The molecule has 4 heterocycles. The molecule has 0 saturated carbocycles. The fraction of sp³-hybridized carbons (Fsp3) is 0.412. The Bertz CT molecular complexity index is 721. The molecule has 0 radical (unpaired) electrons. The fourth-order valence-corrected chi connectivity index (χ4v) is 3.62. The minimum Gasteiger partial charge on any atom is -0.332 e. The zero-order valence-corrected chi connectivity index (χ0v) is 12.8. The average molecular weight is 314 g/mol. The lowest BCUT2D eigenvalue weighted by molar-refractivity contribution is 0.0765. The predicted molar refractivity (Wildman–Crippen MR) is 84.5 cm³/mol. The summed E-state index contributed by atoms with van der Waals surface area (Å²) < 4.78 is 15.1. The van der Waals surface area contributed by atoms with Crippen LogP contribution in [-0.4, -0.2) is 46.4 Å². The minimum atomic E-state index is -0.315. The van der Waals surface area contributed by atoms with Crippen LogP contribution in [0.2, 0.25) is 0 Å². The van der Waals surface area contributed by atoms with Crippen LogP contribution >= 0.6 is 0 Å². The van der Waals surface area contributed by atoms with E-state index in [9.17, 15) is 9.18 Å². The number of carbonyl (C=O) groups is 1. The van der Waals surface area contributed by atoms with Gasteiger partial charge in [0, 0.05) is 29.9 Å². The van der Waals surface area contributed by atoms with Crippen LogP contribution in [0.15, 0.2) is 36.7 Å². The highest BCUT2D eigenvalue weighted by molar-refractivity contribution is 5.78. The highest BCUT2D eigenvalue weighted by Gasteiger charge is 2.35. The first kappa shape index (κ1) is 14.4. The molecule has 23 heavy (non-hydrogen) atoms. The van der Waals surface area contributed by atoms with Crippen LogP contribution in [0.4, 0.5) is 9.18 Å². The SMILES string of the molecule is O=C(N[C@H]1CN2CCC1CC2)n1cc(-c2ccccc2F)cn1. The number of hydrogen-bond donors (Lipinski definition) is 1. The molecule has 0 spiro atoms. The Kier molecular flexibility index (Phi) is 3.61. The maximum atomic E-state index is 13.8. The van der Waals surface area contributed by atoms with Crippen LogP contribution in [0, 0.1) is 11.7 Å². The van der Waals surface area contributed by atoms with E-state index in [-0.39, 0.29) is 17.9 Å². The topological polar surface area (TPSA) is 50.2 Å². The first-order valence-corrected chi connectivity index (χ1v) is 8.03. The molecule has 5 rings (SSSR count). The van der Waals surface area contributed by atoms with Crippen molar-refractivity contribution in [3.63, 3.8) is 0 Å².